The first kappa shape index (κ1) is 12.3. The lowest BCUT2D eigenvalue weighted by Gasteiger charge is -2.19. The van der Waals surface area contributed by atoms with Crippen molar-refractivity contribution in [1.82, 2.24) is 4.90 Å². The lowest BCUT2D eigenvalue weighted by atomic mass is 10.1. The second-order valence-electron chi connectivity index (χ2n) is 4.25. The highest BCUT2D eigenvalue weighted by molar-refractivity contribution is 5.61. The van der Waals surface area contributed by atoms with Gasteiger partial charge in [-0.05, 0) is 6.42 Å². The van der Waals surface area contributed by atoms with Crippen LogP contribution in [0.2, 0.25) is 0 Å². The zero-order valence-corrected chi connectivity index (χ0v) is 9.99. The van der Waals surface area contributed by atoms with Gasteiger partial charge in [-0.2, -0.15) is 0 Å². The van der Waals surface area contributed by atoms with Crippen molar-refractivity contribution in [2.45, 2.75) is 51.9 Å². The van der Waals surface area contributed by atoms with Crippen LogP contribution in [0.4, 0.5) is 0 Å². The van der Waals surface area contributed by atoms with Gasteiger partial charge in [0, 0.05) is 25.2 Å². The standard InChI is InChI=1S/C13H24N2/c1-2-3-4-5-6-7-8-11-15-12-9-14-10-13-15/h9-10,12H,2-8,11,13H2,1H3. The van der Waals surface area contributed by atoms with E-state index in [1.807, 2.05) is 12.4 Å². The maximum absolute atomic E-state index is 4.06. The first-order chi connectivity index (χ1) is 7.43. The zero-order valence-electron chi connectivity index (χ0n) is 9.99. The normalized spacial score (nSPS) is 14.9. The van der Waals surface area contributed by atoms with Gasteiger partial charge in [0.25, 0.3) is 0 Å². The Kier molecular flexibility index (Phi) is 6.97. The second-order valence-corrected chi connectivity index (χ2v) is 4.25. The Morgan fingerprint density at radius 1 is 1.07 bits per heavy atom. The molecule has 1 heterocycles. The van der Waals surface area contributed by atoms with E-state index in [9.17, 15) is 0 Å². The van der Waals surface area contributed by atoms with Crippen LogP contribution in [0.3, 0.4) is 0 Å². The Bertz CT molecular complexity index is 197. The topological polar surface area (TPSA) is 15.6 Å². The van der Waals surface area contributed by atoms with Gasteiger partial charge in [-0.15, -0.1) is 0 Å². The molecule has 0 N–H and O–H groups in total. The van der Waals surface area contributed by atoms with E-state index in [1.165, 1.54) is 51.5 Å². The highest BCUT2D eigenvalue weighted by atomic mass is 15.1. The fourth-order valence-electron chi connectivity index (χ4n) is 1.84. The third kappa shape index (κ3) is 6.32. The molecule has 2 nitrogen and oxygen atoms in total. The molecule has 1 aliphatic heterocycles. The van der Waals surface area contributed by atoms with Gasteiger partial charge in [0.05, 0.1) is 6.54 Å². The smallest absolute Gasteiger partial charge is 0.0527 e. The van der Waals surface area contributed by atoms with Crippen molar-refractivity contribution >= 4 is 6.21 Å². The molecule has 86 valence electrons. The van der Waals surface area contributed by atoms with E-state index in [4.69, 9.17) is 0 Å². The Hall–Kier alpha value is -0.790. The SMILES string of the molecule is CCCCCCCCCN1C=CN=CC1. The van der Waals surface area contributed by atoms with E-state index in [1.54, 1.807) is 0 Å². The number of rotatable bonds is 8. The van der Waals surface area contributed by atoms with Crippen molar-refractivity contribution in [3.05, 3.63) is 12.4 Å². The molecule has 0 aromatic carbocycles. The van der Waals surface area contributed by atoms with Gasteiger partial charge in [-0.3, -0.25) is 4.99 Å². The Balaban J connectivity index is 1.84. The van der Waals surface area contributed by atoms with Gasteiger partial charge in [0.2, 0.25) is 0 Å². The molecule has 0 radical (unpaired) electrons. The fourth-order valence-corrected chi connectivity index (χ4v) is 1.84. The molecule has 0 atom stereocenters. The van der Waals surface area contributed by atoms with Crippen LogP contribution in [0.15, 0.2) is 17.4 Å². The van der Waals surface area contributed by atoms with Crippen molar-refractivity contribution in [2.75, 3.05) is 13.1 Å². The minimum absolute atomic E-state index is 0.992. The third-order valence-electron chi connectivity index (χ3n) is 2.83. The molecule has 0 aromatic heterocycles. The quantitative estimate of drug-likeness (QED) is 0.556. The summed E-state index contributed by atoms with van der Waals surface area (Å²) in [5, 5.41) is 0. The molecule has 0 fully saturated rings. The van der Waals surface area contributed by atoms with Crippen LogP contribution in [0.25, 0.3) is 0 Å². The fraction of sp³-hybridized carbons (Fsp3) is 0.769. The lowest BCUT2D eigenvalue weighted by Crippen LogP contribution is -2.22. The number of hydrogen-bond acceptors (Lipinski definition) is 2. The maximum atomic E-state index is 4.06. The molecule has 0 aliphatic carbocycles. The summed E-state index contributed by atoms with van der Waals surface area (Å²) in [4.78, 5) is 6.39. The molecule has 0 unspecified atom stereocenters. The van der Waals surface area contributed by atoms with E-state index in [2.05, 4.69) is 23.0 Å². The van der Waals surface area contributed by atoms with Crippen molar-refractivity contribution in [3.8, 4) is 0 Å². The largest absolute Gasteiger partial charge is 0.371 e. The molecule has 2 heteroatoms. The van der Waals surface area contributed by atoms with E-state index in [0.29, 0.717) is 0 Å². The summed E-state index contributed by atoms with van der Waals surface area (Å²) < 4.78 is 0. The van der Waals surface area contributed by atoms with E-state index in [0.717, 1.165) is 6.54 Å². The van der Waals surface area contributed by atoms with Crippen molar-refractivity contribution in [3.63, 3.8) is 0 Å². The summed E-state index contributed by atoms with van der Waals surface area (Å²) in [5.41, 5.74) is 0. The van der Waals surface area contributed by atoms with Crippen LogP contribution in [0.5, 0.6) is 0 Å². The summed E-state index contributed by atoms with van der Waals surface area (Å²) in [6, 6.07) is 0. The first-order valence-electron chi connectivity index (χ1n) is 6.36. The number of unbranched alkanes of at least 4 members (excludes halogenated alkanes) is 6. The average Bonchev–Trinajstić information content (AvgIpc) is 2.29. The summed E-state index contributed by atoms with van der Waals surface area (Å²) >= 11 is 0. The molecule has 0 bridgehead atoms. The monoisotopic (exact) mass is 208 g/mol. The summed E-state index contributed by atoms with van der Waals surface area (Å²) in [7, 11) is 0. The zero-order chi connectivity index (χ0) is 10.8. The maximum Gasteiger partial charge on any atom is 0.0527 e. The van der Waals surface area contributed by atoms with Crippen LogP contribution in [0.1, 0.15) is 51.9 Å². The molecule has 0 aromatic rings. The minimum atomic E-state index is 0.992. The summed E-state index contributed by atoms with van der Waals surface area (Å²) in [6.07, 6.45) is 15.7. The van der Waals surface area contributed by atoms with Gasteiger partial charge in [-0.1, -0.05) is 45.4 Å². The van der Waals surface area contributed by atoms with E-state index in [-0.39, 0.29) is 0 Å². The van der Waals surface area contributed by atoms with Gasteiger partial charge in [0.15, 0.2) is 0 Å². The van der Waals surface area contributed by atoms with Gasteiger partial charge >= 0.3 is 0 Å². The van der Waals surface area contributed by atoms with Gasteiger partial charge < -0.3 is 4.90 Å². The highest BCUT2D eigenvalue weighted by Gasteiger charge is 1.99. The number of hydrogen-bond donors (Lipinski definition) is 0. The third-order valence-corrected chi connectivity index (χ3v) is 2.83. The summed E-state index contributed by atoms with van der Waals surface area (Å²) in [5.74, 6) is 0. The molecule has 0 saturated heterocycles. The molecule has 1 aliphatic rings. The van der Waals surface area contributed by atoms with E-state index >= 15 is 0 Å². The van der Waals surface area contributed by atoms with Crippen LogP contribution >= 0.6 is 0 Å². The predicted molar refractivity (Wildman–Crippen MR) is 67.2 cm³/mol. The predicted octanol–water partition coefficient (Wildman–Crippen LogP) is 3.59. The molecular formula is C13H24N2. The van der Waals surface area contributed by atoms with Crippen LogP contribution < -0.4 is 0 Å². The van der Waals surface area contributed by atoms with Gasteiger partial charge in [0.1, 0.15) is 0 Å². The molecule has 0 spiro atoms. The Labute approximate surface area is 94.1 Å². The van der Waals surface area contributed by atoms with Crippen LogP contribution in [-0.2, 0) is 0 Å². The van der Waals surface area contributed by atoms with Crippen LogP contribution in [0, 0.1) is 0 Å². The number of nitrogens with zero attached hydrogens (tertiary/aromatic N) is 2. The van der Waals surface area contributed by atoms with Crippen LogP contribution in [-0.4, -0.2) is 24.2 Å². The first-order valence-corrected chi connectivity index (χ1v) is 6.36. The molecular weight excluding hydrogens is 184 g/mol. The Morgan fingerprint density at radius 2 is 1.80 bits per heavy atom. The lowest BCUT2D eigenvalue weighted by molar-refractivity contribution is 0.403. The van der Waals surface area contributed by atoms with E-state index < -0.39 is 0 Å². The Morgan fingerprint density at radius 3 is 2.47 bits per heavy atom. The molecule has 15 heavy (non-hydrogen) atoms. The van der Waals surface area contributed by atoms with Gasteiger partial charge in [-0.25, -0.2) is 0 Å². The minimum Gasteiger partial charge on any atom is -0.371 e. The molecule has 0 amide bonds. The summed E-state index contributed by atoms with van der Waals surface area (Å²) in [6.45, 7) is 4.45. The second kappa shape index (κ2) is 8.51. The van der Waals surface area contributed by atoms with Crippen molar-refractivity contribution in [1.29, 1.82) is 0 Å². The highest BCUT2D eigenvalue weighted by Crippen LogP contribution is 2.08. The van der Waals surface area contributed by atoms with Crippen molar-refractivity contribution < 1.29 is 0 Å². The average molecular weight is 208 g/mol. The molecule has 1 rings (SSSR count). The molecule has 0 saturated carbocycles. The number of aliphatic imine (C=N–C) groups is 1. The van der Waals surface area contributed by atoms with Crippen molar-refractivity contribution in [2.24, 2.45) is 4.99 Å².